The number of hydrogen-bond donors (Lipinski definition) is 1. The van der Waals surface area contributed by atoms with Gasteiger partial charge in [-0.2, -0.15) is 0 Å². The Kier molecular flexibility index (Phi) is 3.39. The maximum absolute atomic E-state index is 13.6. The molecule has 1 atom stereocenters. The molecule has 1 heterocycles. The molecule has 0 bridgehead atoms. The summed E-state index contributed by atoms with van der Waals surface area (Å²) in [5.74, 6) is -1.11. The maximum Gasteiger partial charge on any atom is 0.256 e. The summed E-state index contributed by atoms with van der Waals surface area (Å²) in [5, 5.41) is 2.80. The van der Waals surface area contributed by atoms with Crippen LogP contribution >= 0.6 is 0 Å². The van der Waals surface area contributed by atoms with Crippen LogP contribution in [0.25, 0.3) is 0 Å². The lowest BCUT2D eigenvalue weighted by Crippen LogP contribution is -2.34. The van der Waals surface area contributed by atoms with Gasteiger partial charge in [0.1, 0.15) is 11.9 Å². The lowest BCUT2D eigenvalue weighted by atomic mass is 10.2. The largest absolute Gasteiger partial charge is 0.371 e. The average molecular weight is 284 g/mol. The van der Waals surface area contributed by atoms with Gasteiger partial charge in [-0.05, 0) is 24.3 Å². The van der Waals surface area contributed by atoms with Crippen molar-refractivity contribution in [1.29, 1.82) is 0 Å². The van der Waals surface area contributed by atoms with Gasteiger partial charge in [0, 0.05) is 0 Å². The van der Waals surface area contributed by atoms with Crippen LogP contribution in [0.15, 0.2) is 54.6 Å². The van der Waals surface area contributed by atoms with Crippen LogP contribution in [-0.2, 0) is 9.59 Å². The number of carbonyl (C=O) groups excluding carboxylic acids is 2. The van der Waals surface area contributed by atoms with Crippen molar-refractivity contribution in [1.82, 2.24) is 0 Å². The van der Waals surface area contributed by atoms with Crippen LogP contribution < -0.4 is 10.2 Å². The molecule has 0 aliphatic carbocycles. The number of halogens is 1. The molecular weight excluding hydrogens is 271 g/mol. The van der Waals surface area contributed by atoms with Gasteiger partial charge in [0.25, 0.3) is 5.91 Å². The van der Waals surface area contributed by atoms with Crippen LogP contribution in [0.5, 0.6) is 0 Å². The predicted molar refractivity (Wildman–Crippen MR) is 77.4 cm³/mol. The first kappa shape index (κ1) is 13.3. The number of amides is 2. The summed E-state index contributed by atoms with van der Waals surface area (Å²) in [5.41, 5.74) is 0.754. The van der Waals surface area contributed by atoms with E-state index in [-0.39, 0.29) is 23.9 Å². The third-order valence-corrected chi connectivity index (χ3v) is 3.36. The summed E-state index contributed by atoms with van der Waals surface area (Å²) in [7, 11) is 0. The number of benzene rings is 2. The summed E-state index contributed by atoms with van der Waals surface area (Å²) >= 11 is 0. The summed E-state index contributed by atoms with van der Waals surface area (Å²) in [4.78, 5) is 25.5. The molecule has 1 aliphatic rings. The van der Waals surface area contributed by atoms with Gasteiger partial charge in [-0.25, -0.2) is 9.29 Å². The van der Waals surface area contributed by atoms with Crippen molar-refractivity contribution in [2.75, 3.05) is 10.2 Å². The SMILES string of the molecule is O=C1CC(Nc2ccccc2F)C(=O)N1c1ccccc1. The van der Waals surface area contributed by atoms with E-state index in [2.05, 4.69) is 5.32 Å². The Morgan fingerprint density at radius 1 is 1.00 bits per heavy atom. The van der Waals surface area contributed by atoms with E-state index in [0.29, 0.717) is 5.69 Å². The number of imide groups is 1. The van der Waals surface area contributed by atoms with Crippen molar-refractivity contribution in [3.63, 3.8) is 0 Å². The molecular formula is C16H13FN2O2. The maximum atomic E-state index is 13.6. The molecule has 1 N–H and O–H groups in total. The molecule has 0 spiro atoms. The van der Waals surface area contributed by atoms with E-state index in [0.717, 1.165) is 4.90 Å². The van der Waals surface area contributed by atoms with E-state index in [1.165, 1.54) is 12.1 Å². The lowest BCUT2D eigenvalue weighted by molar-refractivity contribution is -0.121. The molecule has 4 nitrogen and oxygen atoms in total. The standard InChI is InChI=1S/C16H13FN2O2/c17-12-8-4-5-9-13(12)18-14-10-15(20)19(16(14)21)11-6-2-1-3-7-11/h1-9,14,18H,10H2. The third kappa shape index (κ3) is 2.50. The van der Waals surface area contributed by atoms with E-state index in [9.17, 15) is 14.0 Å². The van der Waals surface area contributed by atoms with Crippen LogP contribution in [0.4, 0.5) is 15.8 Å². The fraction of sp³-hybridized carbons (Fsp3) is 0.125. The molecule has 2 amide bonds. The highest BCUT2D eigenvalue weighted by Gasteiger charge is 2.39. The van der Waals surface area contributed by atoms with Crippen molar-refractivity contribution >= 4 is 23.2 Å². The second kappa shape index (κ2) is 5.36. The van der Waals surface area contributed by atoms with Gasteiger partial charge in [-0.1, -0.05) is 30.3 Å². The van der Waals surface area contributed by atoms with Gasteiger partial charge >= 0.3 is 0 Å². The van der Waals surface area contributed by atoms with Gasteiger partial charge in [0.15, 0.2) is 0 Å². The Morgan fingerprint density at radius 2 is 1.67 bits per heavy atom. The fourth-order valence-electron chi connectivity index (χ4n) is 2.36. The summed E-state index contributed by atoms with van der Waals surface area (Å²) in [6.45, 7) is 0. The molecule has 5 heteroatoms. The molecule has 2 aromatic carbocycles. The number of hydrogen-bond acceptors (Lipinski definition) is 3. The Morgan fingerprint density at radius 3 is 2.38 bits per heavy atom. The second-order valence-corrected chi connectivity index (χ2v) is 4.78. The molecule has 106 valence electrons. The molecule has 1 aliphatic heterocycles. The summed E-state index contributed by atoms with van der Waals surface area (Å²) in [6, 6.07) is 14.1. The van der Waals surface area contributed by atoms with Crippen LogP contribution in [0.2, 0.25) is 0 Å². The third-order valence-electron chi connectivity index (χ3n) is 3.36. The van der Waals surface area contributed by atoms with Gasteiger partial charge in [0.2, 0.25) is 5.91 Å². The zero-order valence-electron chi connectivity index (χ0n) is 11.1. The fourth-order valence-corrected chi connectivity index (χ4v) is 2.36. The van der Waals surface area contributed by atoms with Crippen LogP contribution in [-0.4, -0.2) is 17.9 Å². The van der Waals surface area contributed by atoms with E-state index >= 15 is 0 Å². The van der Waals surface area contributed by atoms with Gasteiger partial charge in [-0.15, -0.1) is 0 Å². The van der Waals surface area contributed by atoms with Crippen LogP contribution in [0, 0.1) is 5.82 Å². The Hall–Kier alpha value is -2.69. The molecule has 3 rings (SSSR count). The Bertz CT molecular complexity index is 688. The van der Waals surface area contributed by atoms with Crippen molar-refractivity contribution in [2.45, 2.75) is 12.5 Å². The predicted octanol–water partition coefficient (Wildman–Crippen LogP) is 2.57. The van der Waals surface area contributed by atoms with Gasteiger partial charge < -0.3 is 5.32 Å². The smallest absolute Gasteiger partial charge is 0.256 e. The summed E-state index contributed by atoms with van der Waals surface area (Å²) < 4.78 is 13.6. The average Bonchev–Trinajstić information content (AvgIpc) is 2.77. The zero-order valence-corrected chi connectivity index (χ0v) is 11.1. The highest BCUT2D eigenvalue weighted by molar-refractivity contribution is 6.23. The van der Waals surface area contributed by atoms with Gasteiger partial charge in [-0.3, -0.25) is 9.59 Å². The van der Waals surface area contributed by atoms with Crippen molar-refractivity contribution in [3.05, 3.63) is 60.4 Å². The monoisotopic (exact) mass is 284 g/mol. The van der Waals surface area contributed by atoms with Crippen molar-refractivity contribution in [2.24, 2.45) is 0 Å². The van der Waals surface area contributed by atoms with Crippen molar-refractivity contribution in [3.8, 4) is 0 Å². The second-order valence-electron chi connectivity index (χ2n) is 4.78. The first-order chi connectivity index (χ1) is 10.2. The van der Waals surface area contributed by atoms with E-state index in [4.69, 9.17) is 0 Å². The van der Waals surface area contributed by atoms with E-state index < -0.39 is 11.9 Å². The number of nitrogens with one attached hydrogen (secondary N) is 1. The molecule has 0 radical (unpaired) electrons. The molecule has 21 heavy (non-hydrogen) atoms. The number of anilines is 2. The molecule has 0 saturated carbocycles. The highest BCUT2D eigenvalue weighted by Crippen LogP contribution is 2.25. The van der Waals surface area contributed by atoms with Crippen LogP contribution in [0.3, 0.4) is 0 Å². The zero-order chi connectivity index (χ0) is 14.8. The minimum atomic E-state index is -0.741. The van der Waals surface area contributed by atoms with E-state index in [1.807, 2.05) is 6.07 Å². The molecule has 2 aromatic rings. The van der Waals surface area contributed by atoms with Crippen LogP contribution in [0.1, 0.15) is 6.42 Å². The Labute approximate surface area is 121 Å². The molecule has 1 unspecified atom stereocenters. The molecule has 0 aromatic heterocycles. The van der Waals surface area contributed by atoms with Gasteiger partial charge in [0.05, 0.1) is 17.8 Å². The van der Waals surface area contributed by atoms with Crippen molar-refractivity contribution < 1.29 is 14.0 Å². The molecule has 1 fully saturated rings. The summed E-state index contributed by atoms with van der Waals surface area (Å²) in [6.07, 6.45) is 0.0159. The normalized spacial score (nSPS) is 18.1. The molecule has 1 saturated heterocycles. The minimum absolute atomic E-state index is 0.0159. The number of para-hydroxylation sites is 2. The number of rotatable bonds is 3. The minimum Gasteiger partial charge on any atom is -0.371 e. The highest BCUT2D eigenvalue weighted by atomic mass is 19.1. The number of nitrogens with zero attached hydrogens (tertiary/aromatic N) is 1. The number of carbonyl (C=O) groups is 2. The topological polar surface area (TPSA) is 49.4 Å². The van der Waals surface area contributed by atoms with E-state index in [1.54, 1.807) is 36.4 Å². The first-order valence-corrected chi connectivity index (χ1v) is 6.60. The first-order valence-electron chi connectivity index (χ1n) is 6.60. The lowest BCUT2D eigenvalue weighted by Gasteiger charge is -2.16. The Balaban J connectivity index is 1.83. The quantitative estimate of drug-likeness (QED) is 0.881.